The van der Waals surface area contributed by atoms with Crippen molar-refractivity contribution >= 4 is 23.1 Å². The highest BCUT2D eigenvalue weighted by Gasteiger charge is 2.06. The standard InChI is InChI=1S/C11H11N3OS2/c1-14-8-12-13-11(14)17-7-10-9(3-2-5-15)4-6-16-10/h4,6,8,15H,5,7H2,1H3. The van der Waals surface area contributed by atoms with E-state index < -0.39 is 0 Å². The van der Waals surface area contributed by atoms with Crippen LogP contribution in [0.3, 0.4) is 0 Å². The lowest BCUT2D eigenvalue weighted by Gasteiger charge is -1.99. The minimum absolute atomic E-state index is 0.105. The van der Waals surface area contributed by atoms with Crippen molar-refractivity contribution in [3.05, 3.63) is 28.2 Å². The molecule has 0 spiro atoms. The summed E-state index contributed by atoms with van der Waals surface area (Å²) in [5.41, 5.74) is 0.985. The van der Waals surface area contributed by atoms with E-state index in [1.807, 2.05) is 23.1 Å². The molecule has 2 aromatic rings. The van der Waals surface area contributed by atoms with Gasteiger partial charge < -0.3 is 9.67 Å². The molecule has 0 amide bonds. The average Bonchev–Trinajstić information content (AvgIpc) is 2.93. The van der Waals surface area contributed by atoms with Crippen LogP contribution in [0.1, 0.15) is 10.4 Å². The Labute approximate surface area is 108 Å². The monoisotopic (exact) mass is 265 g/mol. The molecule has 0 radical (unpaired) electrons. The second-order valence-corrected chi connectivity index (χ2v) is 5.17. The van der Waals surface area contributed by atoms with Gasteiger partial charge in [-0.3, -0.25) is 0 Å². The first-order chi connectivity index (χ1) is 8.31. The summed E-state index contributed by atoms with van der Waals surface area (Å²) in [5.74, 6) is 6.43. The molecule has 4 nitrogen and oxygen atoms in total. The molecule has 0 saturated carbocycles. The second-order valence-electron chi connectivity index (χ2n) is 3.23. The fourth-order valence-electron chi connectivity index (χ4n) is 1.23. The van der Waals surface area contributed by atoms with Crippen molar-refractivity contribution in [1.29, 1.82) is 0 Å². The summed E-state index contributed by atoms with van der Waals surface area (Å²) < 4.78 is 1.89. The topological polar surface area (TPSA) is 50.9 Å². The third-order valence-corrected chi connectivity index (χ3v) is 4.21. The molecule has 88 valence electrons. The van der Waals surface area contributed by atoms with Crippen molar-refractivity contribution in [2.75, 3.05) is 6.61 Å². The molecule has 0 atom stereocenters. The van der Waals surface area contributed by atoms with Crippen molar-refractivity contribution in [1.82, 2.24) is 14.8 Å². The molecular weight excluding hydrogens is 254 g/mol. The van der Waals surface area contributed by atoms with Crippen LogP contribution in [-0.2, 0) is 12.8 Å². The van der Waals surface area contributed by atoms with Gasteiger partial charge >= 0.3 is 0 Å². The van der Waals surface area contributed by atoms with Crippen molar-refractivity contribution < 1.29 is 5.11 Å². The lowest BCUT2D eigenvalue weighted by atomic mass is 10.3. The Bertz CT molecular complexity index is 550. The van der Waals surface area contributed by atoms with E-state index in [0.29, 0.717) is 0 Å². The molecule has 0 unspecified atom stereocenters. The minimum Gasteiger partial charge on any atom is -0.384 e. The number of aromatic nitrogens is 3. The molecule has 2 aromatic heterocycles. The van der Waals surface area contributed by atoms with Crippen LogP contribution in [0, 0.1) is 11.8 Å². The molecule has 1 N–H and O–H groups in total. The highest BCUT2D eigenvalue weighted by atomic mass is 32.2. The summed E-state index contributed by atoms with van der Waals surface area (Å²) in [6.45, 7) is -0.105. The van der Waals surface area contributed by atoms with Gasteiger partial charge in [-0.1, -0.05) is 23.6 Å². The van der Waals surface area contributed by atoms with E-state index in [1.165, 1.54) is 4.88 Å². The van der Waals surface area contributed by atoms with Gasteiger partial charge in [0.15, 0.2) is 5.16 Å². The number of aliphatic hydroxyl groups is 1. The van der Waals surface area contributed by atoms with Crippen LogP contribution in [0.15, 0.2) is 22.9 Å². The summed E-state index contributed by atoms with van der Waals surface area (Å²) in [5, 5.41) is 19.4. The lowest BCUT2D eigenvalue weighted by Crippen LogP contribution is -1.89. The summed E-state index contributed by atoms with van der Waals surface area (Å²) in [6, 6.07) is 1.97. The molecule has 2 rings (SSSR count). The average molecular weight is 265 g/mol. The van der Waals surface area contributed by atoms with Gasteiger partial charge in [0.1, 0.15) is 12.9 Å². The van der Waals surface area contributed by atoms with Crippen LogP contribution < -0.4 is 0 Å². The third kappa shape index (κ3) is 3.09. The molecule has 0 bridgehead atoms. The maximum Gasteiger partial charge on any atom is 0.191 e. The summed E-state index contributed by atoms with van der Waals surface area (Å²) in [6.07, 6.45) is 1.68. The number of aryl methyl sites for hydroxylation is 1. The van der Waals surface area contributed by atoms with Gasteiger partial charge in [-0.05, 0) is 11.4 Å². The molecule has 6 heteroatoms. The third-order valence-electron chi connectivity index (χ3n) is 2.05. The Morgan fingerprint density at radius 2 is 2.47 bits per heavy atom. The van der Waals surface area contributed by atoms with Crippen LogP contribution in [-0.4, -0.2) is 26.5 Å². The van der Waals surface area contributed by atoms with E-state index in [4.69, 9.17) is 5.11 Å². The van der Waals surface area contributed by atoms with Crippen LogP contribution >= 0.6 is 23.1 Å². The zero-order chi connectivity index (χ0) is 12.1. The Hall–Kier alpha value is -1.29. The zero-order valence-electron chi connectivity index (χ0n) is 9.25. The maximum atomic E-state index is 8.68. The van der Waals surface area contributed by atoms with Crippen LogP contribution in [0.4, 0.5) is 0 Å². The van der Waals surface area contributed by atoms with Crippen LogP contribution in [0.5, 0.6) is 0 Å². The van der Waals surface area contributed by atoms with E-state index >= 15 is 0 Å². The van der Waals surface area contributed by atoms with Crippen LogP contribution in [0.2, 0.25) is 0 Å². The fraction of sp³-hybridized carbons (Fsp3) is 0.273. The van der Waals surface area contributed by atoms with E-state index in [0.717, 1.165) is 16.5 Å². The highest BCUT2D eigenvalue weighted by molar-refractivity contribution is 7.98. The van der Waals surface area contributed by atoms with E-state index in [9.17, 15) is 0 Å². The van der Waals surface area contributed by atoms with E-state index in [-0.39, 0.29) is 6.61 Å². The van der Waals surface area contributed by atoms with Gasteiger partial charge in [-0.15, -0.1) is 21.5 Å². The van der Waals surface area contributed by atoms with Gasteiger partial charge in [0.2, 0.25) is 0 Å². The number of hydrogen-bond donors (Lipinski definition) is 1. The van der Waals surface area contributed by atoms with Gasteiger partial charge in [-0.2, -0.15) is 0 Å². The Kier molecular flexibility index (Phi) is 4.20. The zero-order valence-corrected chi connectivity index (χ0v) is 10.9. The Balaban J connectivity index is 2.04. The Morgan fingerprint density at radius 3 is 3.18 bits per heavy atom. The number of hydrogen-bond acceptors (Lipinski definition) is 5. The quantitative estimate of drug-likeness (QED) is 0.675. The molecular formula is C11H11N3OS2. The summed E-state index contributed by atoms with van der Waals surface area (Å²) >= 11 is 3.29. The van der Waals surface area contributed by atoms with Crippen LogP contribution in [0.25, 0.3) is 0 Å². The second kappa shape index (κ2) is 5.87. The number of thioether (sulfide) groups is 1. The largest absolute Gasteiger partial charge is 0.384 e. The number of thiophene rings is 1. The minimum atomic E-state index is -0.105. The molecule has 0 aliphatic rings. The lowest BCUT2D eigenvalue weighted by molar-refractivity contribution is 0.350. The van der Waals surface area contributed by atoms with Gasteiger partial charge in [0.05, 0.1) is 0 Å². The first kappa shape index (κ1) is 12.2. The molecule has 0 aliphatic heterocycles. The predicted molar refractivity (Wildman–Crippen MR) is 68.8 cm³/mol. The normalized spacial score (nSPS) is 10.0. The maximum absolute atomic E-state index is 8.68. The predicted octanol–water partition coefficient (Wildman–Crippen LogP) is 1.51. The number of aliphatic hydroxyl groups excluding tert-OH is 1. The first-order valence-corrected chi connectivity index (χ1v) is 6.80. The van der Waals surface area contributed by atoms with Crippen molar-refractivity contribution in [3.63, 3.8) is 0 Å². The number of nitrogens with zero attached hydrogens (tertiary/aromatic N) is 3. The van der Waals surface area contributed by atoms with Crippen molar-refractivity contribution in [2.45, 2.75) is 10.9 Å². The smallest absolute Gasteiger partial charge is 0.191 e. The molecule has 0 saturated heterocycles. The molecule has 2 heterocycles. The molecule has 17 heavy (non-hydrogen) atoms. The van der Waals surface area contributed by atoms with Crippen molar-refractivity contribution in [2.24, 2.45) is 7.05 Å². The molecule has 0 aliphatic carbocycles. The SMILES string of the molecule is Cn1cnnc1SCc1sccc1C#CCO. The Morgan fingerprint density at radius 1 is 1.59 bits per heavy atom. The molecule has 0 fully saturated rings. The van der Waals surface area contributed by atoms with Gasteiger partial charge in [0.25, 0.3) is 0 Å². The first-order valence-electron chi connectivity index (χ1n) is 4.94. The summed E-state index contributed by atoms with van der Waals surface area (Å²) in [4.78, 5) is 1.19. The summed E-state index contributed by atoms with van der Waals surface area (Å²) in [7, 11) is 1.92. The number of rotatable bonds is 3. The highest BCUT2D eigenvalue weighted by Crippen LogP contribution is 2.25. The van der Waals surface area contributed by atoms with E-state index in [1.54, 1.807) is 29.4 Å². The van der Waals surface area contributed by atoms with Gasteiger partial charge in [0, 0.05) is 23.2 Å². The van der Waals surface area contributed by atoms with E-state index in [2.05, 4.69) is 22.0 Å². The van der Waals surface area contributed by atoms with Gasteiger partial charge in [-0.25, -0.2) is 0 Å². The van der Waals surface area contributed by atoms with Crippen molar-refractivity contribution in [3.8, 4) is 11.8 Å². The molecule has 0 aromatic carbocycles. The fourth-order valence-corrected chi connectivity index (χ4v) is 3.07.